The normalized spacial score (nSPS) is 12.7. The van der Waals surface area contributed by atoms with Gasteiger partial charge < -0.3 is 10.6 Å². The van der Waals surface area contributed by atoms with Gasteiger partial charge in [-0.25, -0.2) is 4.99 Å². The molecule has 1 unspecified atom stereocenters. The lowest BCUT2D eigenvalue weighted by molar-refractivity contribution is 0.296. The Kier molecular flexibility index (Phi) is 13.0. The highest BCUT2D eigenvalue weighted by Gasteiger charge is 2.04. The molecule has 5 heteroatoms. The van der Waals surface area contributed by atoms with Gasteiger partial charge in [-0.1, -0.05) is 45.0 Å². The fourth-order valence-electron chi connectivity index (χ4n) is 2.36. The van der Waals surface area contributed by atoms with Crippen molar-refractivity contribution >= 4 is 29.9 Å². The monoisotopic (exact) mass is 446 g/mol. The fourth-order valence-corrected chi connectivity index (χ4v) is 2.36. The minimum absolute atomic E-state index is 0. The molecule has 0 aromatic heterocycles. The SMILES string of the molecule is CCNC(=NCc1cccc(CN(CC)CC)c1)NC(C)CC.I. The number of rotatable bonds is 9. The van der Waals surface area contributed by atoms with E-state index in [0.717, 1.165) is 38.6 Å². The number of guanidine groups is 1. The van der Waals surface area contributed by atoms with Gasteiger partial charge in [-0.2, -0.15) is 0 Å². The van der Waals surface area contributed by atoms with Crippen molar-refractivity contribution in [1.82, 2.24) is 15.5 Å². The third-order valence-electron chi connectivity index (χ3n) is 4.05. The molecule has 1 atom stereocenters. The lowest BCUT2D eigenvalue weighted by Gasteiger charge is -2.18. The molecular weight excluding hydrogens is 411 g/mol. The van der Waals surface area contributed by atoms with E-state index in [4.69, 9.17) is 4.99 Å². The summed E-state index contributed by atoms with van der Waals surface area (Å²) in [6, 6.07) is 9.20. The van der Waals surface area contributed by atoms with Gasteiger partial charge in [-0.05, 0) is 44.5 Å². The van der Waals surface area contributed by atoms with Crippen molar-refractivity contribution in [2.24, 2.45) is 4.99 Å². The van der Waals surface area contributed by atoms with E-state index in [1.807, 2.05) is 0 Å². The summed E-state index contributed by atoms with van der Waals surface area (Å²) < 4.78 is 0. The van der Waals surface area contributed by atoms with Crippen LogP contribution in [0.1, 0.15) is 52.2 Å². The van der Waals surface area contributed by atoms with Crippen molar-refractivity contribution in [2.75, 3.05) is 19.6 Å². The van der Waals surface area contributed by atoms with Crippen molar-refractivity contribution in [1.29, 1.82) is 0 Å². The van der Waals surface area contributed by atoms with Crippen LogP contribution in [0.25, 0.3) is 0 Å². The number of hydrogen-bond donors (Lipinski definition) is 2. The number of nitrogens with one attached hydrogen (secondary N) is 2. The van der Waals surface area contributed by atoms with Crippen LogP contribution in [0.2, 0.25) is 0 Å². The van der Waals surface area contributed by atoms with Crippen LogP contribution < -0.4 is 10.6 Å². The summed E-state index contributed by atoms with van der Waals surface area (Å²) in [6.07, 6.45) is 1.09. The number of nitrogens with zero attached hydrogens (tertiary/aromatic N) is 2. The standard InChI is InChI=1S/C19H34N4.HI/c1-6-16(5)22-19(20-7-2)21-14-17-11-10-12-18(13-17)15-23(8-3)9-4;/h10-13,16H,6-9,14-15H2,1-5H3,(H2,20,21,22);1H. The van der Waals surface area contributed by atoms with Crippen molar-refractivity contribution in [3.8, 4) is 0 Å². The molecule has 138 valence electrons. The molecule has 24 heavy (non-hydrogen) atoms. The molecule has 0 bridgehead atoms. The van der Waals surface area contributed by atoms with Crippen LogP contribution in [-0.4, -0.2) is 36.5 Å². The van der Waals surface area contributed by atoms with Gasteiger partial charge in [0.05, 0.1) is 6.54 Å². The van der Waals surface area contributed by atoms with Crippen LogP contribution in [0.5, 0.6) is 0 Å². The topological polar surface area (TPSA) is 39.7 Å². The molecule has 0 fully saturated rings. The minimum Gasteiger partial charge on any atom is -0.357 e. The van der Waals surface area contributed by atoms with Crippen LogP contribution in [0.4, 0.5) is 0 Å². The quantitative estimate of drug-likeness (QED) is 0.342. The molecule has 0 heterocycles. The van der Waals surface area contributed by atoms with Crippen molar-refractivity contribution < 1.29 is 0 Å². The number of benzene rings is 1. The average molecular weight is 446 g/mol. The Morgan fingerprint density at radius 2 is 1.79 bits per heavy atom. The summed E-state index contributed by atoms with van der Waals surface area (Å²) in [7, 11) is 0. The second kappa shape index (κ2) is 13.5. The van der Waals surface area contributed by atoms with Gasteiger partial charge in [-0.15, -0.1) is 24.0 Å². The fraction of sp³-hybridized carbons (Fsp3) is 0.632. The van der Waals surface area contributed by atoms with E-state index in [2.05, 4.69) is 74.4 Å². The zero-order chi connectivity index (χ0) is 17.1. The summed E-state index contributed by atoms with van der Waals surface area (Å²) in [6.45, 7) is 15.6. The molecule has 0 spiro atoms. The summed E-state index contributed by atoms with van der Waals surface area (Å²) >= 11 is 0. The van der Waals surface area contributed by atoms with Crippen LogP contribution in [0.15, 0.2) is 29.3 Å². The smallest absolute Gasteiger partial charge is 0.191 e. The molecule has 0 saturated carbocycles. The highest BCUT2D eigenvalue weighted by Crippen LogP contribution is 2.09. The number of aliphatic imine (C=N–C) groups is 1. The largest absolute Gasteiger partial charge is 0.357 e. The lowest BCUT2D eigenvalue weighted by atomic mass is 10.1. The third-order valence-corrected chi connectivity index (χ3v) is 4.05. The Morgan fingerprint density at radius 3 is 2.38 bits per heavy atom. The van der Waals surface area contributed by atoms with Crippen molar-refractivity contribution in [2.45, 2.75) is 60.2 Å². The summed E-state index contributed by atoms with van der Waals surface area (Å²) in [5.41, 5.74) is 2.62. The second-order valence-corrected chi connectivity index (χ2v) is 5.93. The zero-order valence-electron chi connectivity index (χ0n) is 15.9. The van der Waals surface area contributed by atoms with Crippen LogP contribution >= 0.6 is 24.0 Å². The summed E-state index contributed by atoms with van der Waals surface area (Å²) in [4.78, 5) is 7.14. The van der Waals surface area contributed by atoms with Gasteiger partial charge >= 0.3 is 0 Å². The molecule has 4 nitrogen and oxygen atoms in total. The van der Waals surface area contributed by atoms with Gasteiger partial charge in [0.2, 0.25) is 0 Å². The Bertz CT molecular complexity index is 472. The lowest BCUT2D eigenvalue weighted by Crippen LogP contribution is -2.41. The predicted molar refractivity (Wildman–Crippen MR) is 116 cm³/mol. The number of halogens is 1. The maximum absolute atomic E-state index is 4.71. The van der Waals surface area contributed by atoms with E-state index in [9.17, 15) is 0 Å². The molecule has 1 rings (SSSR count). The first kappa shape index (κ1) is 23.2. The van der Waals surface area contributed by atoms with Gasteiger partial charge in [-0.3, -0.25) is 4.90 Å². The van der Waals surface area contributed by atoms with Crippen LogP contribution in [-0.2, 0) is 13.1 Å². The average Bonchev–Trinajstić information content (AvgIpc) is 2.58. The Labute approximate surface area is 165 Å². The first-order chi connectivity index (χ1) is 11.1. The van der Waals surface area contributed by atoms with Gasteiger partial charge in [0.25, 0.3) is 0 Å². The third kappa shape index (κ3) is 8.87. The molecular formula is C19H35IN4. The predicted octanol–water partition coefficient (Wildman–Crippen LogP) is 4.00. The summed E-state index contributed by atoms with van der Waals surface area (Å²) in [5, 5.41) is 6.75. The first-order valence-electron chi connectivity index (χ1n) is 8.97. The molecule has 0 amide bonds. The molecule has 2 N–H and O–H groups in total. The van der Waals surface area contributed by atoms with Gasteiger partial charge in [0, 0.05) is 19.1 Å². The molecule has 0 radical (unpaired) electrons. The summed E-state index contributed by atoms with van der Waals surface area (Å²) in [5.74, 6) is 0.899. The van der Waals surface area contributed by atoms with E-state index in [1.54, 1.807) is 0 Å². The van der Waals surface area contributed by atoms with E-state index in [0.29, 0.717) is 12.6 Å². The Balaban J connectivity index is 0.00000529. The molecule has 0 aliphatic heterocycles. The van der Waals surface area contributed by atoms with Gasteiger partial charge in [0.1, 0.15) is 0 Å². The van der Waals surface area contributed by atoms with Crippen LogP contribution in [0, 0.1) is 0 Å². The molecule has 1 aromatic rings. The van der Waals surface area contributed by atoms with Crippen LogP contribution in [0.3, 0.4) is 0 Å². The van der Waals surface area contributed by atoms with Gasteiger partial charge in [0.15, 0.2) is 5.96 Å². The van der Waals surface area contributed by atoms with E-state index < -0.39 is 0 Å². The first-order valence-corrected chi connectivity index (χ1v) is 8.97. The Hall–Kier alpha value is -0.820. The molecule has 0 aliphatic carbocycles. The van der Waals surface area contributed by atoms with E-state index >= 15 is 0 Å². The van der Waals surface area contributed by atoms with E-state index in [1.165, 1.54) is 11.1 Å². The van der Waals surface area contributed by atoms with Crippen molar-refractivity contribution in [3.63, 3.8) is 0 Å². The molecule has 1 aromatic carbocycles. The maximum Gasteiger partial charge on any atom is 0.191 e. The van der Waals surface area contributed by atoms with Crippen molar-refractivity contribution in [3.05, 3.63) is 35.4 Å². The highest BCUT2D eigenvalue weighted by molar-refractivity contribution is 14.0. The molecule has 0 saturated heterocycles. The minimum atomic E-state index is 0. The van der Waals surface area contributed by atoms with E-state index in [-0.39, 0.29) is 24.0 Å². The zero-order valence-corrected chi connectivity index (χ0v) is 18.3. The maximum atomic E-state index is 4.71. The second-order valence-electron chi connectivity index (χ2n) is 5.93. The Morgan fingerprint density at radius 1 is 1.12 bits per heavy atom. The highest BCUT2D eigenvalue weighted by atomic mass is 127. The number of hydrogen-bond acceptors (Lipinski definition) is 2. The molecule has 0 aliphatic rings.